The van der Waals surface area contributed by atoms with Gasteiger partial charge in [0.2, 0.25) is 0 Å². The number of carbonyl (C=O) groups excluding carboxylic acids is 1. The average molecular weight is 279 g/mol. The lowest BCUT2D eigenvalue weighted by Gasteiger charge is -2.32. The summed E-state index contributed by atoms with van der Waals surface area (Å²) in [6.07, 6.45) is 1.87. The van der Waals surface area contributed by atoms with Crippen LogP contribution in [0, 0.1) is 19.8 Å². The van der Waals surface area contributed by atoms with Crippen molar-refractivity contribution in [2.45, 2.75) is 33.1 Å². The van der Waals surface area contributed by atoms with Gasteiger partial charge in [0.1, 0.15) is 0 Å². The van der Waals surface area contributed by atoms with E-state index in [1.54, 1.807) is 9.58 Å². The summed E-state index contributed by atoms with van der Waals surface area (Å²) >= 11 is 0. The molecule has 1 aromatic heterocycles. The molecule has 1 unspecified atom stereocenters. The second kappa shape index (κ2) is 5.64. The number of aryl methyl sites for hydroxylation is 2. The normalized spacial score (nSPS) is 19.1. The number of carboxylic acids is 1. The van der Waals surface area contributed by atoms with E-state index in [2.05, 4.69) is 5.10 Å². The van der Waals surface area contributed by atoms with Crippen molar-refractivity contribution in [2.24, 2.45) is 13.0 Å². The molecule has 1 atom stereocenters. The number of carboxylic acid groups (broad SMARTS) is 1. The Morgan fingerprint density at radius 1 is 1.40 bits per heavy atom. The Morgan fingerprint density at radius 2 is 2.10 bits per heavy atom. The number of carbonyl (C=O) groups is 2. The zero-order valence-electron chi connectivity index (χ0n) is 12.2. The number of hydrogen-bond acceptors (Lipinski definition) is 3. The van der Waals surface area contributed by atoms with Crippen molar-refractivity contribution < 1.29 is 14.7 Å². The van der Waals surface area contributed by atoms with Gasteiger partial charge in [0.05, 0.1) is 11.3 Å². The van der Waals surface area contributed by atoms with Gasteiger partial charge in [0.25, 0.3) is 5.91 Å². The summed E-state index contributed by atoms with van der Waals surface area (Å²) < 4.78 is 1.71. The number of nitrogens with zero attached hydrogens (tertiary/aromatic N) is 3. The van der Waals surface area contributed by atoms with Crippen LogP contribution in [0.1, 0.15) is 41.0 Å². The molecule has 1 aliphatic heterocycles. The molecule has 0 bridgehead atoms. The molecule has 1 fully saturated rings. The Bertz CT molecular complexity index is 536. The molecule has 1 N–H and O–H groups in total. The first-order chi connectivity index (χ1) is 9.40. The molecule has 1 amide bonds. The van der Waals surface area contributed by atoms with E-state index in [4.69, 9.17) is 5.11 Å². The Balaban J connectivity index is 2.14. The fraction of sp³-hybridized carbons (Fsp3) is 0.643. The lowest BCUT2D eigenvalue weighted by atomic mass is 9.94. The van der Waals surface area contributed by atoms with Gasteiger partial charge in [-0.3, -0.25) is 14.3 Å². The Morgan fingerprint density at radius 3 is 2.65 bits per heavy atom. The van der Waals surface area contributed by atoms with Crippen molar-refractivity contribution in [3.05, 3.63) is 17.0 Å². The molecule has 20 heavy (non-hydrogen) atoms. The van der Waals surface area contributed by atoms with Crippen LogP contribution in [0.5, 0.6) is 0 Å². The molecule has 0 spiro atoms. The molecule has 0 aromatic carbocycles. The van der Waals surface area contributed by atoms with Gasteiger partial charge < -0.3 is 10.0 Å². The maximum atomic E-state index is 12.6. The Kier molecular flexibility index (Phi) is 4.11. The number of amides is 1. The highest BCUT2D eigenvalue weighted by Gasteiger charge is 2.28. The lowest BCUT2D eigenvalue weighted by molar-refractivity contribution is -0.138. The Hall–Kier alpha value is -1.85. The second-order valence-corrected chi connectivity index (χ2v) is 5.53. The van der Waals surface area contributed by atoms with Crippen LogP contribution < -0.4 is 0 Å². The molecule has 0 saturated carbocycles. The molecule has 1 saturated heterocycles. The topological polar surface area (TPSA) is 75.4 Å². The summed E-state index contributed by atoms with van der Waals surface area (Å²) in [5, 5.41) is 13.2. The van der Waals surface area contributed by atoms with Gasteiger partial charge in [-0.1, -0.05) is 0 Å². The van der Waals surface area contributed by atoms with E-state index in [-0.39, 0.29) is 18.2 Å². The summed E-state index contributed by atoms with van der Waals surface area (Å²) in [4.78, 5) is 25.2. The largest absolute Gasteiger partial charge is 0.481 e. The quantitative estimate of drug-likeness (QED) is 0.906. The van der Waals surface area contributed by atoms with Crippen LogP contribution in [0.3, 0.4) is 0 Å². The number of hydrogen-bond donors (Lipinski definition) is 1. The first kappa shape index (κ1) is 14.6. The monoisotopic (exact) mass is 279 g/mol. The average Bonchev–Trinajstić information content (AvgIpc) is 2.62. The van der Waals surface area contributed by atoms with Crippen molar-refractivity contribution in [1.29, 1.82) is 0 Å². The maximum Gasteiger partial charge on any atom is 0.303 e. The van der Waals surface area contributed by atoms with Gasteiger partial charge in [-0.05, 0) is 32.6 Å². The lowest BCUT2D eigenvalue weighted by Crippen LogP contribution is -2.40. The molecule has 2 rings (SSSR count). The van der Waals surface area contributed by atoms with Gasteiger partial charge in [-0.25, -0.2) is 0 Å². The Labute approximate surface area is 118 Å². The van der Waals surface area contributed by atoms with E-state index < -0.39 is 5.97 Å². The summed E-state index contributed by atoms with van der Waals surface area (Å²) in [5.41, 5.74) is 2.24. The fourth-order valence-corrected chi connectivity index (χ4v) is 2.90. The van der Waals surface area contributed by atoms with E-state index in [0.29, 0.717) is 18.7 Å². The smallest absolute Gasteiger partial charge is 0.303 e. The molecule has 1 aliphatic rings. The molecular weight excluding hydrogens is 258 g/mol. The minimum absolute atomic E-state index is 0.0248. The van der Waals surface area contributed by atoms with E-state index in [0.717, 1.165) is 24.2 Å². The highest BCUT2D eigenvalue weighted by molar-refractivity contribution is 5.96. The van der Waals surface area contributed by atoms with Gasteiger partial charge in [-0.2, -0.15) is 5.10 Å². The maximum absolute atomic E-state index is 12.6. The predicted octanol–water partition coefficient (Wildman–Crippen LogP) is 1.36. The van der Waals surface area contributed by atoms with Gasteiger partial charge in [-0.15, -0.1) is 0 Å². The summed E-state index contributed by atoms with van der Waals surface area (Å²) in [5.74, 6) is -0.760. The van der Waals surface area contributed by atoms with E-state index in [9.17, 15) is 9.59 Å². The van der Waals surface area contributed by atoms with Crippen molar-refractivity contribution >= 4 is 11.9 Å². The number of aliphatic carboxylic acids is 1. The van der Waals surface area contributed by atoms with E-state index in [1.165, 1.54) is 0 Å². The van der Waals surface area contributed by atoms with Crippen molar-refractivity contribution in [1.82, 2.24) is 14.7 Å². The van der Waals surface area contributed by atoms with Crippen LogP contribution in [0.4, 0.5) is 0 Å². The minimum Gasteiger partial charge on any atom is -0.481 e. The molecule has 0 aliphatic carbocycles. The molecule has 1 aromatic rings. The molecule has 6 nitrogen and oxygen atoms in total. The van der Waals surface area contributed by atoms with Crippen molar-refractivity contribution in [3.63, 3.8) is 0 Å². The van der Waals surface area contributed by atoms with E-state index >= 15 is 0 Å². The fourth-order valence-electron chi connectivity index (χ4n) is 2.90. The first-order valence-electron chi connectivity index (χ1n) is 6.91. The van der Waals surface area contributed by atoms with E-state index in [1.807, 2.05) is 20.9 Å². The third kappa shape index (κ3) is 2.84. The van der Waals surface area contributed by atoms with Gasteiger partial charge in [0, 0.05) is 32.3 Å². The highest BCUT2D eigenvalue weighted by Crippen LogP contribution is 2.23. The predicted molar refractivity (Wildman–Crippen MR) is 73.6 cm³/mol. The third-order valence-corrected chi connectivity index (χ3v) is 3.99. The van der Waals surface area contributed by atoms with Crippen LogP contribution in [0.15, 0.2) is 0 Å². The minimum atomic E-state index is -0.793. The van der Waals surface area contributed by atoms with Gasteiger partial charge >= 0.3 is 5.97 Å². The SMILES string of the molecule is Cc1nn(C)c(C)c1C(=O)N1CCCC(CC(=O)O)C1. The third-order valence-electron chi connectivity index (χ3n) is 3.99. The number of rotatable bonds is 3. The zero-order chi connectivity index (χ0) is 14.9. The number of aromatic nitrogens is 2. The molecule has 2 heterocycles. The second-order valence-electron chi connectivity index (χ2n) is 5.53. The summed E-state index contributed by atoms with van der Waals surface area (Å²) in [6.45, 7) is 4.94. The van der Waals surface area contributed by atoms with Crippen LogP contribution in [-0.4, -0.2) is 44.8 Å². The highest BCUT2D eigenvalue weighted by atomic mass is 16.4. The van der Waals surface area contributed by atoms with Gasteiger partial charge in [0.15, 0.2) is 0 Å². The molecule has 6 heteroatoms. The van der Waals surface area contributed by atoms with Crippen LogP contribution in [-0.2, 0) is 11.8 Å². The molecule has 0 radical (unpaired) electrons. The van der Waals surface area contributed by atoms with Crippen molar-refractivity contribution in [2.75, 3.05) is 13.1 Å². The summed E-state index contributed by atoms with van der Waals surface area (Å²) in [7, 11) is 1.82. The standard InChI is InChI=1S/C14H21N3O3/c1-9-13(10(2)16(3)15-9)14(20)17-6-4-5-11(8-17)7-12(18)19/h11H,4-8H2,1-3H3,(H,18,19). The number of piperidine rings is 1. The molecule has 110 valence electrons. The van der Waals surface area contributed by atoms with Crippen LogP contribution in [0.25, 0.3) is 0 Å². The van der Waals surface area contributed by atoms with Crippen LogP contribution in [0.2, 0.25) is 0 Å². The van der Waals surface area contributed by atoms with Crippen LogP contribution >= 0.6 is 0 Å². The summed E-state index contributed by atoms with van der Waals surface area (Å²) in [6, 6.07) is 0. The first-order valence-corrected chi connectivity index (χ1v) is 6.91. The van der Waals surface area contributed by atoms with Crippen molar-refractivity contribution in [3.8, 4) is 0 Å². The molecular formula is C14H21N3O3. The number of likely N-dealkylation sites (tertiary alicyclic amines) is 1. The zero-order valence-corrected chi connectivity index (χ0v) is 12.2.